The maximum absolute atomic E-state index is 13.8. The van der Waals surface area contributed by atoms with Crippen LogP contribution in [0.15, 0.2) is 54.6 Å². The standard InChI is InChI=1S/C26H29N3O5.C2HF3O2/c1-16(27-2)13-28-21-15-34-24-19(26(31)32)9-6-10-22(24)29(25(21)30)14-20-18-8-5-4-7-17(18)11-12-23(20)33-3;3-2(4,5)1(6)7/h4-12,16,21,27-28H,13-15H2,1-3H3,(H,31,32);(H,6,7)/t16-,21-;/m0./s1. The van der Waals surface area contributed by atoms with E-state index in [1.54, 1.807) is 24.1 Å². The second-order valence-corrected chi connectivity index (χ2v) is 9.12. The molecule has 4 rings (SSSR count). The summed E-state index contributed by atoms with van der Waals surface area (Å²) in [5.74, 6) is -3.22. The highest BCUT2D eigenvalue weighted by Crippen LogP contribution is 2.38. The second-order valence-electron chi connectivity index (χ2n) is 9.12. The Balaban J connectivity index is 0.000000587. The van der Waals surface area contributed by atoms with E-state index in [4.69, 9.17) is 19.4 Å². The number of anilines is 1. The molecular weight excluding hydrogens is 547 g/mol. The largest absolute Gasteiger partial charge is 0.496 e. The molecule has 2 atom stereocenters. The number of nitrogens with one attached hydrogen (secondary N) is 2. The van der Waals surface area contributed by atoms with Crippen LogP contribution in [0.25, 0.3) is 10.8 Å². The number of amides is 1. The van der Waals surface area contributed by atoms with Crippen LogP contribution in [-0.2, 0) is 16.1 Å². The number of hydrogen-bond donors (Lipinski definition) is 4. The summed E-state index contributed by atoms with van der Waals surface area (Å²) < 4.78 is 43.3. The first-order chi connectivity index (χ1) is 19.4. The van der Waals surface area contributed by atoms with Gasteiger partial charge in [0.05, 0.1) is 19.3 Å². The van der Waals surface area contributed by atoms with Crippen molar-refractivity contribution in [3.8, 4) is 11.5 Å². The molecule has 1 amide bonds. The van der Waals surface area contributed by atoms with Gasteiger partial charge in [0.25, 0.3) is 0 Å². The molecule has 0 unspecified atom stereocenters. The Morgan fingerprint density at radius 1 is 1.12 bits per heavy atom. The summed E-state index contributed by atoms with van der Waals surface area (Å²) >= 11 is 0. The fourth-order valence-corrected chi connectivity index (χ4v) is 4.16. The first kappa shape index (κ1) is 31.2. The number of para-hydroxylation sites is 1. The van der Waals surface area contributed by atoms with E-state index in [2.05, 4.69) is 10.6 Å². The Labute approximate surface area is 233 Å². The van der Waals surface area contributed by atoms with E-state index >= 15 is 0 Å². The highest BCUT2D eigenvalue weighted by Gasteiger charge is 2.38. The molecular formula is C28H30F3N3O7. The number of alkyl halides is 3. The zero-order valence-electron chi connectivity index (χ0n) is 22.5. The molecule has 1 heterocycles. The molecule has 4 N–H and O–H groups in total. The number of carboxylic acid groups (broad SMARTS) is 2. The summed E-state index contributed by atoms with van der Waals surface area (Å²) in [6.07, 6.45) is -5.08. The molecule has 3 aromatic rings. The SMILES string of the molecule is CN[C@@H](C)CN[C@H]1COc2c(C(=O)O)cccc2N(Cc2c(OC)ccc3ccccc23)C1=O.O=C(O)C(F)(F)F. The molecule has 0 aliphatic carbocycles. The van der Waals surface area contributed by atoms with Crippen LogP contribution in [0.4, 0.5) is 18.9 Å². The third-order valence-electron chi connectivity index (χ3n) is 6.41. The first-order valence-corrected chi connectivity index (χ1v) is 12.4. The molecule has 220 valence electrons. The fraction of sp³-hybridized carbons (Fsp3) is 0.321. The number of aliphatic carboxylic acids is 1. The minimum atomic E-state index is -5.08. The van der Waals surface area contributed by atoms with Crippen molar-refractivity contribution >= 4 is 34.3 Å². The predicted molar refractivity (Wildman–Crippen MR) is 145 cm³/mol. The molecule has 0 fully saturated rings. The molecule has 1 aliphatic heterocycles. The van der Waals surface area contributed by atoms with Gasteiger partial charge in [-0.2, -0.15) is 13.2 Å². The number of carboxylic acids is 2. The lowest BCUT2D eigenvalue weighted by atomic mass is 10.0. The van der Waals surface area contributed by atoms with Gasteiger partial charge in [0.15, 0.2) is 5.75 Å². The Morgan fingerprint density at radius 3 is 2.41 bits per heavy atom. The minimum Gasteiger partial charge on any atom is -0.496 e. The second kappa shape index (κ2) is 13.3. The van der Waals surface area contributed by atoms with Crippen molar-refractivity contribution in [2.45, 2.75) is 31.7 Å². The van der Waals surface area contributed by atoms with E-state index in [0.29, 0.717) is 18.0 Å². The summed E-state index contributed by atoms with van der Waals surface area (Å²) in [5, 5.41) is 25.3. The lowest BCUT2D eigenvalue weighted by molar-refractivity contribution is -0.192. The summed E-state index contributed by atoms with van der Waals surface area (Å²) in [5.41, 5.74) is 1.28. The molecule has 0 spiro atoms. The maximum atomic E-state index is 13.8. The van der Waals surface area contributed by atoms with Gasteiger partial charge in [0.1, 0.15) is 24.0 Å². The van der Waals surface area contributed by atoms with Gasteiger partial charge in [-0.15, -0.1) is 0 Å². The van der Waals surface area contributed by atoms with E-state index in [1.165, 1.54) is 6.07 Å². The highest BCUT2D eigenvalue weighted by molar-refractivity contribution is 6.03. The summed E-state index contributed by atoms with van der Waals surface area (Å²) in [6.45, 7) is 2.77. The van der Waals surface area contributed by atoms with Gasteiger partial charge in [-0.3, -0.25) is 4.79 Å². The number of rotatable bonds is 8. The van der Waals surface area contributed by atoms with E-state index < -0.39 is 24.2 Å². The molecule has 1 aliphatic rings. The third-order valence-corrected chi connectivity index (χ3v) is 6.41. The van der Waals surface area contributed by atoms with Crippen LogP contribution in [0.1, 0.15) is 22.8 Å². The molecule has 0 radical (unpaired) electrons. The van der Waals surface area contributed by atoms with Gasteiger partial charge in [0.2, 0.25) is 5.91 Å². The van der Waals surface area contributed by atoms with Crippen molar-refractivity contribution in [1.29, 1.82) is 0 Å². The molecule has 0 bridgehead atoms. The van der Waals surface area contributed by atoms with Gasteiger partial charge in [-0.25, -0.2) is 9.59 Å². The number of carbonyl (C=O) groups excluding carboxylic acids is 1. The van der Waals surface area contributed by atoms with E-state index in [9.17, 15) is 27.9 Å². The smallest absolute Gasteiger partial charge is 0.490 e. The average Bonchev–Trinajstić information content (AvgIpc) is 3.07. The van der Waals surface area contributed by atoms with Crippen LogP contribution in [0, 0.1) is 0 Å². The average molecular weight is 578 g/mol. The quantitative estimate of drug-likeness (QED) is 0.316. The van der Waals surface area contributed by atoms with Crippen molar-refractivity contribution in [3.05, 3.63) is 65.7 Å². The number of nitrogens with zero attached hydrogens (tertiary/aromatic N) is 1. The third kappa shape index (κ3) is 7.44. The van der Waals surface area contributed by atoms with Gasteiger partial charge in [-0.1, -0.05) is 36.4 Å². The van der Waals surface area contributed by atoms with Crippen LogP contribution < -0.4 is 25.0 Å². The van der Waals surface area contributed by atoms with Crippen molar-refractivity contribution in [1.82, 2.24) is 10.6 Å². The van der Waals surface area contributed by atoms with Crippen LogP contribution in [0.5, 0.6) is 11.5 Å². The Morgan fingerprint density at radius 2 is 1.80 bits per heavy atom. The lowest BCUT2D eigenvalue weighted by Gasteiger charge is -2.27. The topological polar surface area (TPSA) is 137 Å². The van der Waals surface area contributed by atoms with Crippen molar-refractivity contribution in [2.75, 3.05) is 32.2 Å². The van der Waals surface area contributed by atoms with Crippen molar-refractivity contribution in [3.63, 3.8) is 0 Å². The lowest BCUT2D eigenvalue weighted by Crippen LogP contribution is -2.51. The maximum Gasteiger partial charge on any atom is 0.490 e. The van der Waals surface area contributed by atoms with Crippen LogP contribution in [-0.4, -0.2) is 73.6 Å². The Hall–Kier alpha value is -4.36. The molecule has 0 saturated carbocycles. The van der Waals surface area contributed by atoms with Gasteiger partial charge in [0, 0.05) is 18.2 Å². The molecule has 41 heavy (non-hydrogen) atoms. The molecule has 13 heteroatoms. The molecule has 3 aromatic carbocycles. The van der Waals surface area contributed by atoms with Crippen LogP contribution >= 0.6 is 0 Å². The molecule has 10 nitrogen and oxygen atoms in total. The van der Waals surface area contributed by atoms with Crippen LogP contribution in [0.3, 0.4) is 0 Å². The van der Waals surface area contributed by atoms with Gasteiger partial charge in [-0.05, 0) is 42.9 Å². The number of benzene rings is 3. The number of halogens is 3. The first-order valence-electron chi connectivity index (χ1n) is 12.4. The number of fused-ring (bicyclic) bond motifs is 2. The Bertz CT molecular complexity index is 1410. The summed E-state index contributed by atoms with van der Waals surface area (Å²) in [4.78, 5) is 36.2. The zero-order valence-corrected chi connectivity index (χ0v) is 22.5. The van der Waals surface area contributed by atoms with E-state index in [1.807, 2.05) is 50.4 Å². The Kier molecular flexibility index (Phi) is 10.1. The number of hydrogen-bond acceptors (Lipinski definition) is 7. The summed E-state index contributed by atoms with van der Waals surface area (Å²) in [6, 6.07) is 16.1. The zero-order chi connectivity index (χ0) is 30.3. The fourth-order valence-electron chi connectivity index (χ4n) is 4.16. The number of methoxy groups -OCH3 is 1. The highest BCUT2D eigenvalue weighted by atomic mass is 19.4. The van der Waals surface area contributed by atoms with Gasteiger partial charge >= 0.3 is 18.1 Å². The summed E-state index contributed by atoms with van der Waals surface area (Å²) in [7, 11) is 3.45. The number of aromatic carboxylic acids is 1. The van der Waals surface area contributed by atoms with Crippen molar-refractivity contribution < 1.29 is 47.2 Å². The number of likely N-dealkylation sites (N-methyl/N-ethyl adjacent to an activating group) is 1. The van der Waals surface area contributed by atoms with Crippen molar-refractivity contribution in [2.24, 2.45) is 0 Å². The number of carbonyl (C=O) groups is 3. The monoisotopic (exact) mass is 577 g/mol. The predicted octanol–water partition coefficient (Wildman–Crippen LogP) is 3.67. The van der Waals surface area contributed by atoms with Gasteiger partial charge < -0.3 is 35.2 Å². The molecule has 0 aromatic heterocycles. The number of ether oxygens (including phenoxy) is 2. The minimum absolute atomic E-state index is 0.0180. The molecule has 0 saturated heterocycles. The van der Waals surface area contributed by atoms with E-state index in [0.717, 1.165) is 16.3 Å². The van der Waals surface area contributed by atoms with Crippen LogP contribution in [0.2, 0.25) is 0 Å². The van der Waals surface area contributed by atoms with E-state index in [-0.39, 0.29) is 36.4 Å². The normalized spacial score (nSPS) is 15.6.